The summed E-state index contributed by atoms with van der Waals surface area (Å²) in [6, 6.07) is 21.5. The number of fused-ring (bicyclic) bond motifs is 2. The SMILES string of the molecule is COC(=O)Nc1ccc2cc(C(=O)OC)n(Cc3cccc4ccccc34)c2c1. The molecule has 0 saturated carbocycles. The zero-order valence-corrected chi connectivity index (χ0v) is 16.1. The van der Waals surface area contributed by atoms with Crippen LogP contribution in [0.4, 0.5) is 10.5 Å². The molecule has 0 spiro atoms. The third-order valence-corrected chi connectivity index (χ3v) is 4.94. The van der Waals surface area contributed by atoms with Crippen molar-refractivity contribution in [3.8, 4) is 0 Å². The summed E-state index contributed by atoms with van der Waals surface area (Å²) in [5.41, 5.74) is 2.92. The average Bonchev–Trinajstić information content (AvgIpc) is 3.11. The highest BCUT2D eigenvalue weighted by atomic mass is 16.5. The summed E-state index contributed by atoms with van der Waals surface area (Å²) in [7, 11) is 2.68. The molecule has 3 aromatic carbocycles. The molecule has 0 aliphatic carbocycles. The maximum absolute atomic E-state index is 12.4. The summed E-state index contributed by atoms with van der Waals surface area (Å²) in [5, 5.41) is 5.80. The van der Waals surface area contributed by atoms with Gasteiger partial charge in [0.2, 0.25) is 0 Å². The average molecular weight is 388 g/mol. The van der Waals surface area contributed by atoms with Gasteiger partial charge in [-0.15, -0.1) is 0 Å². The van der Waals surface area contributed by atoms with E-state index in [4.69, 9.17) is 4.74 Å². The standard InChI is InChI=1S/C23H20N2O4/c1-28-22(26)21-12-16-10-11-18(24-23(27)29-2)13-20(16)25(21)14-17-8-5-7-15-6-3-4-9-19(15)17/h3-13H,14H2,1-2H3,(H,24,27). The largest absolute Gasteiger partial charge is 0.464 e. The highest BCUT2D eigenvalue weighted by Gasteiger charge is 2.18. The molecule has 6 heteroatoms. The molecule has 1 amide bonds. The summed E-state index contributed by atoms with van der Waals surface area (Å²) in [6.45, 7) is 0.483. The number of amides is 1. The van der Waals surface area contributed by atoms with Crippen LogP contribution in [0.2, 0.25) is 0 Å². The first kappa shape index (κ1) is 18.6. The lowest BCUT2D eigenvalue weighted by molar-refractivity contribution is 0.0589. The van der Waals surface area contributed by atoms with Crippen LogP contribution in [0.3, 0.4) is 0 Å². The number of esters is 1. The van der Waals surface area contributed by atoms with Crippen molar-refractivity contribution < 1.29 is 19.1 Å². The quantitative estimate of drug-likeness (QED) is 0.510. The maximum Gasteiger partial charge on any atom is 0.411 e. The van der Waals surface area contributed by atoms with Crippen LogP contribution in [0.1, 0.15) is 16.1 Å². The number of hydrogen-bond acceptors (Lipinski definition) is 4. The third kappa shape index (κ3) is 3.52. The Balaban J connectivity index is 1.86. The van der Waals surface area contributed by atoms with Gasteiger partial charge in [0.15, 0.2) is 0 Å². The fourth-order valence-electron chi connectivity index (χ4n) is 3.55. The normalized spacial score (nSPS) is 10.8. The molecule has 4 rings (SSSR count). The van der Waals surface area contributed by atoms with E-state index in [1.54, 1.807) is 12.1 Å². The zero-order valence-electron chi connectivity index (χ0n) is 16.1. The fraction of sp³-hybridized carbons (Fsp3) is 0.130. The highest BCUT2D eigenvalue weighted by molar-refractivity contribution is 5.98. The molecule has 29 heavy (non-hydrogen) atoms. The molecular weight excluding hydrogens is 368 g/mol. The topological polar surface area (TPSA) is 69.6 Å². The van der Waals surface area contributed by atoms with Gasteiger partial charge in [-0.25, -0.2) is 9.59 Å². The Hall–Kier alpha value is -3.80. The smallest absolute Gasteiger partial charge is 0.411 e. The number of carbonyl (C=O) groups excluding carboxylic acids is 2. The van der Waals surface area contributed by atoms with Gasteiger partial charge in [0, 0.05) is 17.6 Å². The van der Waals surface area contributed by atoms with Crippen molar-refractivity contribution in [2.45, 2.75) is 6.54 Å². The number of aromatic nitrogens is 1. The fourth-order valence-corrected chi connectivity index (χ4v) is 3.55. The molecule has 1 aromatic heterocycles. The maximum atomic E-state index is 12.4. The van der Waals surface area contributed by atoms with Crippen molar-refractivity contribution in [2.75, 3.05) is 19.5 Å². The zero-order chi connectivity index (χ0) is 20.4. The number of ether oxygens (including phenoxy) is 2. The van der Waals surface area contributed by atoms with E-state index in [1.165, 1.54) is 14.2 Å². The lowest BCUT2D eigenvalue weighted by Gasteiger charge is -2.13. The summed E-state index contributed by atoms with van der Waals surface area (Å²) >= 11 is 0. The van der Waals surface area contributed by atoms with Crippen LogP contribution in [0.5, 0.6) is 0 Å². The van der Waals surface area contributed by atoms with Crippen LogP contribution in [0, 0.1) is 0 Å². The Morgan fingerprint density at radius 2 is 1.69 bits per heavy atom. The first-order chi connectivity index (χ1) is 14.1. The minimum Gasteiger partial charge on any atom is -0.464 e. The molecule has 146 valence electrons. The first-order valence-corrected chi connectivity index (χ1v) is 9.14. The number of nitrogens with zero attached hydrogens (tertiary/aromatic N) is 1. The number of hydrogen-bond donors (Lipinski definition) is 1. The van der Waals surface area contributed by atoms with E-state index in [9.17, 15) is 9.59 Å². The summed E-state index contributed by atoms with van der Waals surface area (Å²) in [4.78, 5) is 24.0. The minimum absolute atomic E-state index is 0.413. The second-order valence-electron chi connectivity index (χ2n) is 6.64. The van der Waals surface area contributed by atoms with Gasteiger partial charge in [-0.2, -0.15) is 0 Å². The Morgan fingerprint density at radius 1 is 0.897 bits per heavy atom. The van der Waals surface area contributed by atoms with Gasteiger partial charge in [-0.1, -0.05) is 48.5 Å². The number of benzene rings is 3. The molecule has 0 aliphatic heterocycles. The third-order valence-electron chi connectivity index (χ3n) is 4.94. The van der Waals surface area contributed by atoms with Gasteiger partial charge >= 0.3 is 12.1 Å². The van der Waals surface area contributed by atoms with Crippen LogP contribution in [-0.4, -0.2) is 30.8 Å². The van der Waals surface area contributed by atoms with Gasteiger partial charge in [0.1, 0.15) is 5.69 Å². The Morgan fingerprint density at radius 3 is 2.48 bits per heavy atom. The molecule has 0 atom stereocenters. The number of methoxy groups -OCH3 is 2. The number of anilines is 1. The van der Waals surface area contributed by atoms with E-state index in [0.29, 0.717) is 17.9 Å². The minimum atomic E-state index is -0.551. The van der Waals surface area contributed by atoms with E-state index in [2.05, 4.69) is 28.3 Å². The lowest BCUT2D eigenvalue weighted by Crippen LogP contribution is -2.12. The Bertz CT molecular complexity index is 1220. The molecule has 6 nitrogen and oxygen atoms in total. The molecule has 0 aliphatic rings. The summed E-state index contributed by atoms with van der Waals surface area (Å²) in [5.74, 6) is -0.413. The molecule has 0 unspecified atom stereocenters. The predicted octanol–water partition coefficient (Wildman–Crippen LogP) is 4.81. The van der Waals surface area contributed by atoms with Crippen LogP contribution in [-0.2, 0) is 16.0 Å². The van der Waals surface area contributed by atoms with Crippen LogP contribution < -0.4 is 5.32 Å². The highest BCUT2D eigenvalue weighted by Crippen LogP contribution is 2.27. The lowest BCUT2D eigenvalue weighted by atomic mass is 10.0. The van der Waals surface area contributed by atoms with Gasteiger partial charge in [0.25, 0.3) is 0 Å². The Kier molecular flexibility index (Phi) is 4.91. The van der Waals surface area contributed by atoms with E-state index < -0.39 is 12.1 Å². The van der Waals surface area contributed by atoms with Gasteiger partial charge in [0.05, 0.1) is 19.7 Å². The predicted molar refractivity (Wildman–Crippen MR) is 112 cm³/mol. The van der Waals surface area contributed by atoms with E-state index >= 15 is 0 Å². The Labute approximate surface area is 167 Å². The second kappa shape index (κ2) is 7.67. The van der Waals surface area contributed by atoms with Crippen molar-refractivity contribution in [2.24, 2.45) is 0 Å². The molecule has 1 N–H and O–H groups in total. The monoisotopic (exact) mass is 388 g/mol. The van der Waals surface area contributed by atoms with Crippen molar-refractivity contribution in [1.29, 1.82) is 0 Å². The van der Waals surface area contributed by atoms with E-state index in [-0.39, 0.29) is 0 Å². The van der Waals surface area contributed by atoms with E-state index in [0.717, 1.165) is 27.2 Å². The number of rotatable bonds is 4. The van der Waals surface area contributed by atoms with Crippen molar-refractivity contribution >= 4 is 39.4 Å². The van der Waals surface area contributed by atoms with E-state index in [1.807, 2.05) is 41.0 Å². The number of nitrogens with one attached hydrogen (secondary N) is 1. The molecule has 0 saturated heterocycles. The molecule has 0 radical (unpaired) electrons. The van der Waals surface area contributed by atoms with Crippen LogP contribution >= 0.6 is 0 Å². The van der Waals surface area contributed by atoms with Crippen LogP contribution in [0.15, 0.2) is 66.7 Å². The van der Waals surface area contributed by atoms with Gasteiger partial charge < -0.3 is 14.0 Å². The van der Waals surface area contributed by atoms with Crippen molar-refractivity contribution in [3.63, 3.8) is 0 Å². The molecule has 4 aromatic rings. The number of carbonyl (C=O) groups is 2. The summed E-state index contributed by atoms with van der Waals surface area (Å²) in [6.07, 6.45) is -0.551. The van der Waals surface area contributed by atoms with Crippen molar-refractivity contribution in [3.05, 3.63) is 78.0 Å². The molecule has 1 heterocycles. The van der Waals surface area contributed by atoms with Gasteiger partial charge in [-0.3, -0.25) is 5.32 Å². The van der Waals surface area contributed by atoms with Crippen LogP contribution in [0.25, 0.3) is 21.7 Å². The van der Waals surface area contributed by atoms with Crippen molar-refractivity contribution in [1.82, 2.24) is 4.57 Å². The molecule has 0 fully saturated rings. The first-order valence-electron chi connectivity index (χ1n) is 9.14. The summed E-state index contributed by atoms with van der Waals surface area (Å²) < 4.78 is 11.6. The molecular formula is C23H20N2O4. The second-order valence-corrected chi connectivity index (χ2v) is 6.64. The van der Waals surface area contributed by atoms with Gasteiger partial charge in [-0.05, 0) is 34.5 Å². The molecule has 0 bridgehead atoms.